The van der Waals surface area contributed by atoms with E-state index in [2.05, 4.69) is 20.4 Å². The number of alkyl halides is 3. The van der Waals surface area contributed by atoms with E-state index in [-0.39, 0.29) is 17.7 Å². The summed E-state index contributed by atoms with van der Waals surface area (Å²) < 4.78 is 39.5. The zero-order valence-corrected chi connectivity index (χ0v) is 13.0. The number of amides is 1. The summed E-state index contributed by atoms with van der Waals surface area (Å²) in [7, 11) is 0. The molecule has 1 aliphatic rings. The molecule has 7 nitrogen and oxygen atoms in total. The molecule has 1 saturated carbocycles. The van der Waals surface area contributed by atoms with Crippen LogP contribution < -0.4 is 11.1 Å². The molecule has 1 fully saturated rings. The molecular formula is C14H17F3N6O. The molecule has 2 unspecified atom stereocenters. The predicted octanol–water partition coefficient (Wildman–Crippen LogP) is 1.91. The van der Waals surface area contributed by atoms with E-state index in [4.69, 9.17) is 5.73 Å². The Morgan fingerprint density at radius 2 is 2.04 bits per heavy atom. The molecule has 2 atom stereocenters. The Kier molecular flexibility index (Phi) is 4.06. The third kappa shape index (κ3) is 3.13. The van der Waals surface area contributed by atoms with Crippen LogP contribution in [0.25, 0.3) is 5.78 Å². The summed E-state index contributed by atoms with van der Waals surface area (Å²) in [5.74, 6) is -1.86. The van der Waals surface area contributed by atoms with Gasteiger partial charge in [-0.2, -0.15) is 22.7 Å². The Hall–Kier alpha value is -2.39. The molecule has 1 amide bonds. The summed E-state index contributed by atoms with van der Waals surface area (Å²) in [5, 5.41) is 6.61. The topological polar surface area (TPSA) is 98.2 Å². The van der Waals surface area contributed by atoms with Crippen molar-refractivity contribution in [3.8, 4) is 0 Å². The Labute approximate surface area is 135 Å². The highest BCUT2D eigenvalue weighted by atomic mass is 19.4. The molecule has 0 radical (unpaired) electrons. The van der Waals surface area contributed by atoms with E-state index in [1.165, 1.54) is 0 Å². The van der Waals surface area contributed by atoms with Crippen molar-refractivity contribution in [2.75, 3.05) is 5.32 Å². The number of nitrogens with two attached hydrogens (primary N) is 1. The number of fused-ring (bicyclic) bond motifs is 1. The molecule has 0 aromatic carbocycles. The Morgan fingerprint density at radius 1 is 1.33 bits per heavy atom. The number of aromatic nitrogens is 4. The van der Waals surface area contributed by atoms with Crippen LogP contribution in [0.3, 0.4) is 0 Å². The summed E-state index contributed by atoms with van der Waals surface area (Å²) in [6.07, 6.45) is -1.47. The second-order valence-electron chi connectivity index (χ2n) is 5.97. The normalized spacial score (nSPS) is 21.8. The third-order valence-corrected chi connectivity index (χ3v) is 4.16. The highest BCUT2D eigenvalue weighted by Crippen LogP contribution is 2.29. The first kappa shape index (κ1) is 16.5. The minimum atomic E-state index is -4.65. The Bertz CT molecular complexity index is 772. The van der Waals surface area contributed by atoms with Crippen LogP contribution in [0.1, 0.15) is 37.2 Å². The van der Waals surface area contributed by atoms with Crippen molar-refractivity contribution in [3.63, 3.8) is 0 Å². The zero-order chi connectivity index (χ0) is 17.5. The molecule has 24 heavy (non-hydrogen) atoms. The fourth-order valence-corrected chi connectivity index (χ4v) is 3.04. The highest BCUT2D eigenvalue weighted by Gasteiger charge is 2.37. The van der Waals surface area contributed by atoms with Gasteiger partial charge < -0.3 is 11.1 Å². The number of carbonyl (C=O) groups is 1. The Balaban J connectivity index is 1.99. The van der Waals surface area contributed by atoms with Crippen LogP contribution in [-0.4, -0.2) is 31.5 Å². The molecule has 3 N–H and O–H groups in total. The average molecular weight is 342 g/mol. The predicted molar refractivity (Wildman–Crippen MR) is 79.1 cm³/mol. The van der Waals surface area contributed by atoms with E-state index in [1.807, 2.05) is 0 Å². The van der Waals surface area contributed by atoms with Gasteiger partial charge in [-0.15, -0.1) is 5.10 Å². The first-order valence-corrected chi connectivity index (χ1v) is 7.63. The van der Waals surface area contributed by atoms with Gasteiger partial charge in [-0.3, -0.25) is 4.79 Å². The molecule has 10 heteroatoms. The summed E-state index contributed by atoms with van der Waals surface area (Å²) in [4.78, 5) is 19.0. The van der Waals surface area contributed by atoms with E-state index >= 15 is 0 Å². The Morgan fingerprint density at radius 3 is 2.71 bits per heavy atom. The van der Waals surface area contributed by atoms with Crippen LogP contribution in [0.2, 0.25) is 0 Å². The van der Waals surface area contributed by atoms with E-state index < -0.39 is 17.9 Å². The van der Waals surface area contributed by atoms with Gasteiger partial charge in [0.25, 0.3) is 11.6 Å². The molecular weight excluding hydrogens is 325 g/mol. The largest absolute Gasteiger partial charge is 0.453 e. The standard InChI is InChI=1S/C14H17F3N6O/c1-7-6-10(20-9-5-3-2-4-8(9)11(18)24)23-13(19-7)21-12(22-23)14(15,16)17/h6,8-9,20H,2-5H2,1H3,(H2,18,24). The van der Waals surface area contributed by atoms with Gasteiger partial charge in [-0.25, -0.2) is 4.98 Å². The zero-order valence-electron chi connectivity index (χ0n) is 13.0. The molecule has 0 spiro atoms. The first-order chi connectivity index (χ1) is 11.3. The molecule has 1 aliphatic carbocycles. The van der Waals surface area contributed by atoms with Crippen molar-refractivity contribution in [1.82, 2.24) is 19.6 Å². The summed E-state index contributed by atoms with van der Waals surface area (Å²) in [5.41, 5.74) is 5.94. The number of aryl methyl sites for hydroxylation is 1. The lowest BCUT2D eigenvalue weighted by atomic mass is 9.84. The van der Waals surface area contributed by atoms with Crippen molar-refractivity contribution < 1.29 is 18.0 Å². The maximum Gasteiger partial charge on any atom is 0.453 e. The summed E-state index contributed by atoms with van der Waals surface area (Å²) in [6, 6.07) is 1.33. The number of carbonyl (C=O) groups excluding carboxylic acids is 1. The van der Waals surface area contributed by atoms with Gasteiger partial charge in [0.15, 0.2) is 0 Å². The molecule has 130 valence electrons. The van der Waals surface area contributed by atoms with E-state index in [0.717, 1.165) is 17.4 Å². The lowest BCUT2D eigenvalue weighted by Crippen LogP contribution is -2.41. The van der Waals surface area contributed by atoms with Crippen LogP contribution in [-0.2, 0) is 11.0 Å². The van der Waals surface area contributed by atoms with E-state index in [1.54, 1.807) is 13.0 Å². The highest BCUT2D eigenvalue weighted by molar-refractivity contribution is 5.78. The minimum absolute atomic E-state index is 0.142. The van der Waals surface area contributed by atoms with Crippen LogP contribution in [0.5, 0.6) is 0 Å². The summed E-state index contributed by atoms with van der Waals surface area (Å²) in [6.45, 7) is 1.65. The number of primary amides is 1. The van der Waals surface area contributed by atoms with Crippen molar-refractivity contribution in [3.05, 3.63) is 17.6 Å². The minimum Gasteiger partial charge on any atom is -0.369 e. The lowest BCUT2D eigenvalue weighted by Gasteiger charge is -2.30. The number of nitrogens with zero attached hydrogens (tertiary/aromatic N) is 4. The molecule has 2 aromatic heterocycles. The van der Waals surface area contributed by atoms with Gasteiger partial charge >= 0.3 is 6.18 Å². The third-order valence-electron chi connectivity index (χ3n) is 4.16. The smallest absolute Gasteiger partial charge is 0.369 e. The molecule has 3 rings (SSSR count). The van der Waals surface area contributed by atoms with Gasteiger partial charge in [0.2, 0.25) is 5.91 Å². The molecule has 2 heterocycles. The number of nitrogens with one attached hydrogen (secondary N) is 1. The number of hydrogen-bond donors (Lipinski definition) is 2. The van der Waals surface area contributed by atoms with Crippen LogP contribution in [0.15, 0.2) is 6.07 Å². The van der Waals surface area contributed by atoms with Crippen LogP contribution in [0.4, 0.5) is 19.0 Å². The van der Waals surface area contributed by atoms with Gasteiger partial charge in [-0.1, -0.05) is 12.8 Å². The van der Waals surface area contributed by atoms with Crippen molar-refractivity contribution in [2.45, 2.75) is 44.8 Å². The van der Waals surface area contributed by atoms with Crippen molar-refractivity contribution in [1.29, 1.82) is 0 Å². The van der Waals surface area contributed by atoms with E-state index in [0.29, 0.717) is 24.4 Å². The second kappa shape index (κ2) is 5.91. The first-order valence-electron chi connectivity index (χ1n) is 7.63. The number of hydrogen-bond acceptors (Lipinski definition) is 5. The quantitative estimate of drug-likeness (QED) is 0.888. The average Bonchev–Trinajstić information content (AvgIpc) is 2.91. The SMILES string of the molecule is Cc1cc(NC2CCCCC2C(N)=O)n2nc(C(F)(F)F)nc2n1. The van der Waals surface area contributed by atoms with Gasteiger partial charge in [0, 0.05) is 17.8 Å². The molecule has 0 saturated heterocycles. The van der Waals surface area contributed by atoms with Gasteiger partial charge in [-0.05, 0) is 19.8 Å². The van der Waals surface area contributed by atoms with Crippen LogP contribution >= 0.6 is 0 Å². The summed E-state index contributed by atoms with van der Waals surface area (Å²) >= 11 is 0. The number of anilines is 1. The number of rotatable bonds is 3. The molecule has 0 bridgehead atoms. The van der Waals surface area contributed by atoms with Gasteiger partial charge in [0.1, 0.15) is 5.82 Å². The molecule has 2 aromatic rings. The second-order valence-corrected chi connectivity index (χ2v) is 5.97. The fraction of sp³-hybridized carbons (Fsp3) is 0.571. The maximum atomic E-state index is 12.8. The lowest BCUT2D eigenvalue weighted by molar-refractivity contribution is -0.144. The van der Waals surface area contributed by atoms with Crippen LogP contribution in [0, 0.1) is 12.8 Å². The maximum absolute atomic E-state index is 12.8. The monoisotopic (exact) mass is 342 g/mol. The van der Waals surface area contributed by atoms with Crippen molar-refractivity contribution >= 4 is 17.5 Å². The van der Waals surface area contributed by atoms with Crippen molar-refractivity contribution in [2.24, 2.45) is 11.7 Å². The fourth-order valence-electron chi connectivity index (χ4n) is 3.04. The molecule has 0 aliphatic heterocycles. The van der Waals surface area contributed by atoms with E-state index in [9.17, 15) is 18.0 Å². The number of halogens is 3. The van der Waals surface area contributed by atoms with Gasteiger partial charge in [0.05, 0.1) is 5.92 Å².